The molecule has 0 saturated heterocycles. The number of H-pyrrole nitrogens is 1. The second kappa shape index (κ2) is 6.32. The quantitative estimate of drug-likeness (QED) is 0.873. The van der Waals surface area contributed by atoms with Crippen LogP contribution in [0.25, 0.3) is 0 Å². The van der Waals surface area contributed by atoms with E-state index in [9.17, 15) is 0 Å². The number of anilines is 2. The fourth-order valence-corrected chi connectivity index (χ4v) is 2.85. The van der Waals surface area contributed by atoms with E-state index < -0.39 is 0 Å². The maximum Gasteiger partial charge on any atom is 0.208 e. The molecule has 8 heteroatoms. The monoisotopic (exact) mass is 319 g/mol. The molecule has 0 spiro atoms. The van der Waals surface area contributed by atoms with Crippen LogP contribution >= 0.6 is 11.3 Å². The van der Waals surface area contributed by atoms with Crippen LogP contribution in [0.15, 0.2) is 0 Å². The van der Waals surface area contributed by atoms with E-state index in [0.29, 0.717) is 5.56 Å². The molecule has 0 saturated carbocycles. The van der Waals surface area contributed by atoms with Crippen LogP contribution in [0.5, 0.6) is 0 Å². The lowest BCUT2D eigenvalue weighted by Gasteiger charge is -2.15. The van der Waals surface area contributed by atoms with Crippen molar-refractivity contribution in [1.29, 1.82) is 5.26 Å². The fourth-order valence-electron chi connectivity index (χ4n) is 1.96. The Kier molecular flexibility index (Phi) is 4.66. The van der Waals surface area contributed by atoms with E-state index in [1.54, 1.807) is 11.3 Å². The second-order valence-electron chi connectivity index (χ2n) is 6.24. The molecule has 0 aliphatic heterocycles. The number of aryl methyl sites for hydroxylation is 1. The highest BCUT2D eigenvalue weighted by molar-refractivity contribution is 7.15. The van der Waals surface area contributed by atoms with Gasteiger partial charge in [0.2, 0.25) is 5.13 Å². The molecule has 22 heavy (non-hydrogen) atoms. The summed E-state index contributed by atoms with van der Waals surface area (Å²) < 4.78 is 0. The topological polar surface area (TPSA) is 108 Å². The Bertz CT molecular complexity index is 674. The third-order valence-corrected chi connectivity index (χ3v) is 4.75. The molecule has 0 radical (unpaired) electrons. The molecule has 0 unspecified atom stereocenters. The molecule has 2 rings (SSSR count). The van der Waals surface area contributed by atoms with E-state index >= 15 is 0 Å². The minimum absolute atomic E-state index is 0.0197. The number of nitrogen functional groups attached to an aromatic ring is 1. The summed E-state index contributed by atoms with van der Waals surface area (Å²) in [6, 6.07) is 2.08. The van der Waals surface area contributed by atoms with Crippen molar-refractivity contribution in [2.24, 2.45) is 0 Å². The Balaban J connectivity index is 1.92. The van der Waals surface area contributed by atoms with Gasteiger partial charge in [-0.1, -0.05) is 32.1 Å². The van der Waals surface area contributed by atoms with Crippen molar-refractivity contribution in [2.45, 2.75) is 39.0 Å². The number of hydrogen-bond donors (Lipinski definition) is 2. The average molecular weight is 319 g/mol. The third-order valence-electron chi connectivity index (χ3n) is 3.28. The molecule has 0 amide bonds. The van der Waals surface area contributed by atoms with Crippen LogP contribution in [0.1, 0.15) is 43.5 Å². The zero-order valence-corrected chi connectivity index (χ0v) is 14.2. The van der Waals surface area contributed by atoms with Gasteiger partial charge in [0.15, 0.2) is 5.82 Å². The van der Waals surface area contributed by atoms with Crippen molar-refractivity contribution in [3.05, 3.63) is 16.3 Å². The molecular formula is C14H21N7S. The molecular weight excluding hydrogens is 298 g/mol. The van der Waals surface area contributed by atoms with Gasteiger partial charge in [-0.3, -0.25) is 5.10 Å². The van der Waals surface area contributed by atoms with Gasteiger partial charge in [-0.25, -0.2) is 0 Å². The van der Waals surface area contributed by atoms with Crippen LogP contribution < -0.4 is 10.6 Å². The van der Waals surface area contributed by atoms with E-state index in [1.807, 2.05) is 7.05 Å². The van der Waals surface area contributed by atoms with E-state index in [0.717, 1.165) is 35.2 Å². The smallest absolute Gasteiger partial charge is 0.208 e. The highest BCUT2D eigenvalue weighted by atomic mass is 32.1. The van der Waals surface area contributed by atoms with E-state index in [-0.39, 0.29) is 11.2 Å². The zero-order chi connectivity index (χ0) is 16.3. The van der Waals surface area contributed by atoms with E-state index in [1.165, 1.54) is 0 Å². The van der Waals surface area contributed by atoms with Gasteiger partial charge in [0.25, 0.3) is 0 Å². The first-order valence-electron chi connectivity index (χ1n) is 7.11. The standard InChI is InChI=1S/C14H21N7S/c1-14(2,3)12-19-20-13(22-12)21(4)7-5-6-10-9(8-15)11(16)18-17-10/h5-7H2,1-4H3,(H3,16,17,18). The highest BCUT2D eigenvalue weighted by Crippen LogP contribution is 2.29. The number of nitrogens with zero attached hydrogens (tertiary/aromatic N) is 5. The van der Waals surface area contributed by atoms with Crippen molar-refractivity contribution in [1.82, 2.24) is 20.4 Å². The van der Waals surface area contributed by atoms with Crippen molar-refractivity contribution in [3.8, 4) is 6.07 Å². The molecule has 118 valence electrons. The molecule has 3 N–H and O–H groups in total. The average Bonchev–Trinajstić information content (AvgIpc) is 3.05. The number of aromatic nitrogens is 4. The van der Waals surface area contributed by atoms with Crippen LogP contribution in [0.2, 0.25) is 0 Å². The normalized spacial score (nSPS) is 11.4. The van der Waals surface area contributed by atoms with Crippen LogP contribution in [0.3, 0.4) is 0 Å². The summed E-state index contributed by atoms with van der Waals surface area (Å²) in [5.74, 6) is 0.268. The van der Waals surface area contributed by atoms with Gasteiger partial charge in [-0.2, -0.15) is 10.4 Å². The molecule has 0 atom stereocenters. The van der Waals surface area contributed by atoms with Gasteiger partial charge >= 0.3 is 0 Å². The maximum absolute atomic E-state index is 9.04. The SMILES string of the molecule is CN(CCCc1[nH]nc(N)c1C#N)c1nnc(C(C)(C)C)s1. The Morgan fingerprint density at radius 3 is 2.68 bits per heavy atom. The number of aromatic amines is 1. The first kappa shape index (κ1) is 16.2. The van der Waals surface area contributed by atoms with Crippen molar-refractivity contribution in [3.63, 3.8) is 0 Å². The largest absolute Gasteiger partial charge is 0.381 e. The number of nitrogens with one attached hydrogen (secondary N) is 1. The first-order valence-corrected chi connectivity index (χ1v) is 7.92. The minimum Gasteiger partial charge on any atom is -0.381 e. The van der Waals surface area contributed by atoms with Gasteiger partial charge in [0, 0.05) is 19.0 Å². The summed E-state index contributed by atoms with van der Waals surface area (Å²) in [7, 11) is 2.00. The predicted molar refractivity (Wildman–Crippen MR) is 87.9 cm³/mol. The molecule has 2 aromatic rings. The summed E-state index contributed by atoms with van der Waals surface area (Å²) in [5.41, 5.74) is 6.89. The summed E-state index contributed by atoms with van der Waals surface area (Å²) in [4.78, 5) is 2.08. The number of hydrogen-bond acceptors (Lipinski definition) is 7. The lowest BCUT2D eigenvalue weighted by Crippen LogP contribution is -2.19. The minimum atomic E-state index is 0.0197. The Hall–Kier alpha value is -2.14. The Labute approximate surface area is 134 Å². The van der Waals surface area contributed by atoms with Crippen LogP contribution in [-0.2, 0) is 11.8 Å². The number of nitriles is 1. The van der Waals surface area contributed by atoms with Gasteiger partial charge in [0.1, 0.15) is 16.6 Å². The molecule has 0 bridgehead atoms. The van der Waals surface area contributed by atoms with E-state index in [4.69, 9.17) is 11.0 Å². The molecule has 2 aromatic heterocycles. The van der Waals surface area contributed by atoms with Crippen molar-refractivity contribution < 1.29 is 0 Å². The van der Waals surface area contributed by atoms with Crippen molar-refractivity contribution >= 4 is 22.3 Å². The maximum atomic E-state index is 9.04. The summed E-state index contributed by atoms with van der Waals surface area (Å²) >= 11 is 1.62. The second-order valence-corrected chi connectivity index (χ2v) is 7.20. The van der Waals surface area contributed by atoms with Crippen molar-refractivity contribution in [2.75, 3.05) is 24.2 Å². The molecule has 0 aliphatic carbocycles. The molecule has 0 fully saturated rings. The Morgan fingerprint density at radius 1 is 1.36 bits per heavy atom. The van der Waals surface area contributed by atoms with Gasteiger partial charge in [-0.15, -0.1) is 10.2 Å². The van der Waals surface area contributed by atoms with E-state index in [2.05, 4.69) is 52.1 Å². The number of nitrogens with two attached hydrogens (primary N) is 1. The lowest BCUT2D eigenvalue weighted by molar-refractivity contribution is 0.578. The summed E-state index contributed by atoms with van der Waals surface area (Å²) in [6.45, 7) is 7.21. The fraction of sp³-hybridized carbons (Fsp3) is 0.571. The predicted octanol–water partition coefficient (Wildman–Crippen LogP) is 2.08. The van der Waals surface area contributed by atoms with Crippen LogP contribution in [0.4, 0.5) is 10.9 Å². The summed E-state index contributed by atoms with van der Waals surface area (Å²) in [6.07, 6.45) is 1.60. The van der Waals surface area contributed by atoms with Gasteiger partial charge < -0.3 is 10.6 Å². The van der Waals surface area contributed by atoms with Gasteiger partial charge in [0.05, 0.1) is 5.69 Å². The van der Waals surface area contributed by atoms with Gasteiger partial charge in [-0.05, 0) is 12.8 Å². The first-order chi connectivity index (χ1) is 10.3. The van der Waals surface area contributed by atoms with Crippen LogP contribution in [0, 0.1) is 11.3 Å². The Morgan fingerprint density at radius 2 is 2.09 bits per heavy atom. The zero-order valence-electron chi connectivity index (χ0n) is 13.3. The summed E-state index contributed by atoms with van der Waals surface area (Å²) in [5, 5.41) is 26.2. The molecule has 2 heterocycles. The highest BCUT2D eigenvalue weighted by Gasteiger charge is 2.20. The molecule has 7 nitrogen and oxygen atoms in total. The lowest BCUT2D eigenvalue weighted by atomic mass is 9.98. The molecule has 0 aliphatic rings. The van der Waals surface area contributed by atoms with Crippen LogP contribution in [-0.4, -0.2) is 34.0 Å². The third kappa shape index (κ3) is 3.54. The number of rotatable bonds is 5. The molecule has 0 aromatic carbocycles.